The summed E-state index contributed by atoms with van der Waals surface area (Å²) in [6.07, 6.45) is -4.09. The van der Waals surface area contributed by atoms with Crippen molar-refractivity contribution in [2.45, 2.75) is 159 Å². The molecule has 2 saturated heterocycles. The number of rotatable bonds is 9. The molecule has 0 aliphatic carbocycles. The van der Waals surface area contributed by atoms with Crippen LogP contribution >= 0.6 is 0 Å². The molecule has 0 aromatic carbocycles. The molecule has 0 spiro atoms. The summed E-state index contributed by atoms with van der Waals surface area (Å²) in [6.45, 7) is 9.74. The summed E-state index contributed by atoms with van der Waals surface area (Å²) in [4.78, 5) is 38.4. The van der Waals surface area contributed by atoms with Gasteiger partial charge in [-0.25, -0.2) is 0 Å². The molecule has 2 fully saturated rings. The smallest absolute Gasteiger partial charge is 0.308 e. The second-order valence-electron chi connectivity index (χ2n) is 14.9. The Balaban J connectivity index is 1.93. The Labute approximate surface area is 307 Å². The predicted molar refractivity (Wildman–Crippen MR) is 187 cm³/mol. The molecular weight excluding hydrogens is 682 g/mol. The molecule has 0 aromatic heterocycles. The lowest BCUT2D eigenvalue weighted by atomic mass is 9.82. The number of allylic oxidation sites excluding steroid dienone is 2. The highest BCUT2D eigenvalue weighted by molar-refractivity contribution is 5.70. The molecule has 52 heavy (non-hydrogen) atoms. The van der Waals surface area contributed by atoms with Gasteiger partial charge in [0.05, 0.1) is 43.0 Å². The number of methoxy groups -OCH3 is 1. The van der Waals surface area contributed by atoms with Crippen molar-refractivity contribution >= 4 is 18.2 Å². The van der Waals surface area contributed by atoms with Gasteiger partial charge in [0.1, 0.15) is 36.3 Å². The molecule has 3 rings (SSSR count). The van der Waals surface area contributed by atoms with Crippen LogP contribution in [-0.4, -0.2) is 150 Å². The third kappa shape index (κ3) is 11.8. The zero-order valence-corrected chi connectivity index (χ0v) is 31.9. The lowest BCUT2D eigenvalue weighted by Crippen LogP contribution is -2.66. The normalized spacial score (nSPS) is 44.0. The molecule has 15 nitrogen and oxygen atoms in total. The van der Waals surface area contributed by atoms with Gasteiger partial charge in [-0.15, -0.1) is 0 Å². The first-order chi connectivity index (χ1) is 24.4. The summed E-state index contributed by atoms with van der Waals surface area (Å²) >= 11 is 0. The quantitative estimate of drug-likeness (QED) is 0.195. The van der Waals surface area contributed by atoms with E-state index in [-0.39, 0.29) is 25.2 Å². The van der Waals surface area contributed by atoms with Crippen molar-refractivity contribution in [2.24, 2.45) is 11.8 Å². The van der Waals surface area contributed by atoms with Crippen LogP contribution in [0.25, 0.3) is 0 Å². The number of ether oxygens (including phenoxy) is 7. The van der Waals surface area contributed by atoms with Crippen LogP contribution in [0.3, 0.4) is 0 Å². The van der Waals surface area contributed by atoms with E-state index in [1.54, 1.807) is 58.0 Å². The van der Waals surface area contributed by atoms with Crippen LogP contribution in [0.2, 0.25) is 0 Å². The molecule has 3 heterocycles. The molecule has 298 valence electrons. The minimum Gasteiger partial charge on any atom is -0.462 e. The highest BCUT2D eigenvalue weighted by Crippen LogP contribution is 2.37. The minimum absolute atomic E-state index is 0.0335. The van der Waals surface area contributed by atoms with Gasteiger partial charge in [0, 0.05) is 33.3 Å². The number of aliphatic hydroxyl groups is 4. The molecule has 0 unspecified atom stereocenters. The largest absolute Gasteiger partial charge is 0.462 e. The van der Waals surface area contributed by atoms with E-state index in [0.717, 1.165) is 0 Å². The molecule has 0 amide bonds. The van der Waals surface area contributed by atoms with E-state index in [1.807, 2.05) is 13.0 Å². The van der Waals surface area contributed by atoms with Gasteiger partial charge in [0.2, 0.25) is 0 Å². The maximum Gasteiger partial charge on any atom is 0.308 e. The van der Waals surface area contributed by atoms with Crippen LogP contribution < -0.4 is 0 Å². The van der Waals surface area contributed by atoms with Crippen molar-refractivity contribution in [1.29, 1.82) is 0 Å². The molecule has 0 radical (unpaired) electrons. The van der Waals surface area contributed by atoms with Gasteiger partial charge in [-0.3, -0.25) is 9.59 Å². The van der Waals surface area contributed by atoms with Gasteiger partial charge in [-0.1, -0.05) is 31.2 Å². The topological polar surface area (TPSA) is 200 Å². The number of hydrogen-bond acceptors (Lipinski definition) is 15. The zero-order chi connectivity index (χ0) is 38.9. The molecule has 3 aliphatic heterocycles. The second kappa shape index (κ2) is 19.9. The maximum atomic E-state index is 12.9. The third-order valence-corrected chi connectivity index (χ3v) is 10.1. The van der Waals surface area contributed by atoms with Crippen molar-refractivity contribution in [1.82, 2.24) is 4.90 Å². The Kier molecular flexibility index (Phi) is 16.8. The summed E-state index contributed by atoms with van der Waals surface area (Å²) < 4.78 is 41.8. The summed E-state index contributed by atoms with van der Waals surface area (Å²) in [5.74, 6) is -2.23. The molecule has 3 aliphatic rings. The summed E-state index contributed by atoms with van der Waals surface area (Å²) in [6, 6.07) is -0.749. The predicted octanol–water partition coefficient (Wildman–Crippen LogP) is 1.42. The number of esters is 2. The number of hydrogen-bond donors (Lipinski definition) is 4. The minimum atomic E-state index is -1.47. The molecule has 0 saturated carbocycles. The van der Waals surface area contributed by atoms with Crippen molar-refractivity contribution < 1.29 is 68.0 Å². The van der Waals surface area contributed by atoms with E-state index in [0.29, 0.717) is 12.7 Å². The van der Waals surface area contributed by atoms with Crippen LogP contribution in [0, 0.1) is 11.8 Å². The summed E-state index contributed by atoms with van der Waals surface area (Å²) in [5, 5.41) is 45.4. The van der Waals surface area contributed by atoms with Crippen LogP contribution in [0.4, 0.5) is 0 Å². The highest BCUT2D eigenvalue weighted by atomic mass is 16.7. The van der Waals surface area contributed by atoms with E-state index >= 15 is 0 Å². The van der Waals surface area contributed by atoms with Crippen LogP contribution in [0.1, 0.15) is 73.6 Å². The average Bonchev–Trinajstić information content (AvgIpc) is 3.03. The number of cyclic esters (lactones) is 1. The number of aldehydes is 1. The van der Waals surface area contributed by atoms with Crippen molar-refractivity contribution in [2.75, 3.05) is 21.2 Å². The Morgan fingerprint density at radius 2 is 1.73 bits per heavy atom. The molecule has 4 N–H and O–H groups in total. The van der Waals surface area contributed by atoms with Gasteiger partial charge in [0.25, 0.3) is 0 Å². The van der Waals surface area contributed by atoms with Crippen molar-refractivity contribution in [3.8, 4) is 0 Å². The molecule has 0 aromatic rings. The fourth-order valence-electron chi connectivity index (χ4n) is 7.43. The van der Waals surface area contributed by atoms with Crippen LogP contribution in [0.15, 0.2) is 24.3 Å². The Morgan fingerprint density at radius 1 is 1.04 bits per heavy atom. The fourth-order valence-corrected chi connectivity index (χ4v) is 7.43. The van der Waals surface area contributed by atoms with Gasteiger partial charge < -0.3 is 63.3 Å². The van der Waals surface area contributed by atoms with Crippen LogP contribution in [0.5, 0.6) is 0 Å². The number of carbonyl (C=O) groups is 3. The first kappa shape index (κ1) is 44.1. The van der Waals surface area contributed by atoms with Gasteiger partial charge in [-0.2, -0.15) is 0 Å². The fraction of sp³-hybridized carbons (Fsp3) is 0.811. The van der Waals surface area contributed by atoms with Gasteiger partial charge in [0.15, 0.2) is 18.7 Å². The Morgan fingerprint density at radius 3 is 2.33 bits per heavy atom. The van der Waals surface area contributed by atoms with E-state index in [2.05, 4.69) is 0 Å². The standard InChI is InChI=1S/C37H61NO14/c1-20-17-25(15-16-39)33(34(46-9)27(42)18-28(43)47-21(2)13-11-10-12-14-26(20)41)52-36-31(44)30(38(7)8)32(22(3)49-36)51-29-19-37(6,45)35(23(4)48-29)50-24(5)40/h10-12,14,16,20-23,25-27,29-36,41-42,44-45H,13,15,17-19H2,1-9H3/b11-10+,14-12+/t20-,21-,22-,23+,25+,26+,27-,29+,30+,31+,32-,33+,34+,35+,36+,37-/m1/s1. The number of aliphatic hydroxyl groups excluding tert-OH is 3. The number of carbonyl (C=O) groups excluding carboxylic acids is 3. The molecule has 0 bridgehead atoms. The summed E-state index contributed by atoms with van der Waals surface area (Å²) in [5.41, 5.74) is -1.47. The van der Waals surface area contributed by atoms with E-state index in [1.165, 1.54) is 21.0 Å². The molecule has 15 heteroatoms. The third-order valence-electron chi connectivity index (χ3n) is 10.1. The van der Waals surface area contributed by atoms with Crippen molar-refractivity contribution in [3.63, 3.8) is 0 Å². The summed E-state index contributed by atoms with van der Waals surface area (Å²) in [7, 11) is 4.84. The maximum absolute atomic E-state index is 12.9. The number of nitrogens with zero attached hydrogens (tertiary/aromatic N) is 1. The Hall–Kier alpha value is -2.31. The van der Waals surface area contributed by atoms with Crippen molar-refractivity contribution in [3.05, 3.63) is 24.3 Å². The monoisotopic (exact) mass is 743 g/mol. The molecular formula is C37H61NO14. The average molecular weight is 744 g/mol. The zero-order valence-electron chi connectivity index (χ0n) is 31.9. The van der Waals surface area contributed by atoms with Gasteiger partial charge in [-0.05, 0) is 60.0 Å². The van der Waals surface area contributed by atoms with E-state index in [4.69, 9.17) is 33.2 Å². The number of likely N-dealkylation sites (N-methyl/N-ethyl adjacent to an activating group) is 1. The lowest BCUT2D eigenvalue weighted by Gasteiger charge is -2.50. The molecule has 16 atom stereocenters. The SMILES string of the molecule is CO[C@@H]1[C@@H](O[C@@H]2O[C@H](C)[C@@H](O[C@H]3C[C@@](C)(O)[C@@H](OC(C)=O)[C@H](C)O3)[C@@H](N(C)C)[C@@H]2O)[C@@H](CC=O)C[C@@H](C)[C@@H](O)/C=C/C=C/C[C@@H](C)OC(=O)C[C@H]1O. The second-order valence-corrected chi connectivity index (χ2v) is 14.9. The van der Waals surface area contributed by atoms with Gasteiger partial charge >= 0.3 is 11.9 Å². The Bertz CT molecular complexity index is 1210. The van der Waals surface area contributed by atoms with Crippen LogP contribution in [-0.2, 0) is 47.5 Å². The van der Waals surface area contributed by atoms with E-state index in [9.17, 15) is 34.8 Å². The first-order valence-corrected chi connectivity index (χ1v) is 18.1. The first-order valence-electron chi connectivity index (χ1n) is 18.1. The highest BCUT2D eigenvalue weighted by Gasteiger charge is 2.52. The van der Waals surface area contributed by atoms with E-state index < -0.39 is 110 Å². The lowest BCUT2D eigenvalue weighted by molar-refractivity contribution is -0.344.